The van der Waals surface area contributed by atoms with Gasteiger partial charge in [-0.3, -0.25) is 0 Å². The van der Waals surface area contributed by atoms with Crippen LogP contribution in [0.4, 0.5) is 29.5 Å². The Hall–Kier alpha value is -2.96. The van der Waals surface area contributed by atoms with Gasteiger partial charge in [-0.05, 0) is 43.9 Å². The van der Waals surface area contributed by atoms with Crippen LogP contribution in [0, 0.1) is 12.8 Å². The van der Waals surface area contributed by atoms with Crippen LogP contribution in [0.2, 0.25) is 0 Å². The molecule has 0 radical (unpaired) electrons. The van der Waals surface area contributed by atoms with Gasteiger partial charge < -0.3 is 30.7 Å². The highest BCUT2D eigenvalue weighted by molar-refractivity contribution is 5.90. The second kappa shape index (κ2) is 11.6. The van der Waals surface area contributed by atoms with Crippen LogP contribution in [-0.2, 0) is 4.74 Å². The molecule has 3 atom stereocenters. The number of alkyl halides is 3. The zero-order chi connectivity index (χ0) is 26.6. The van der Waals surface area contributed by atoms with Crippen LogP contribution in [0.1, 0.15) is 37.3 Å². The maximum Gasteiger partial charge on any atom is 0.389 e. The molecular weight excluding hydrogens is 489 g/mol. The Labute approximate surface area is 213 Å². The van der Waals surface area contributed by atoms with Crippen molar-refractivity contribution in [1.82, 2.24) is 20.2 Å². The first-order valence-corrected chi connectivity index (χ1v) is 12.4. The lowest BCUT2D eigenvalue weighted by Gasteiger charge is -2.24. The molecule has 3 unspecified atom stereocenters. The number of urea groups is 1. The summed E-state index contributed by atoms with van der Waals surface area (Å²) in [6, 6.07) is 6.52. The second-order valence-corrected chi connectivity index (χ2v) is 9.67. The number of amides is 2. The molecule has 0 aliphatic carbocycles. The predicted octanol–water partition coefficient (Wildman–Crippen LogP) is 3.71. The summed E-state index contributed by atoms with van der Waals surface area (Å²) in [6.07, 6.45) is -5.12. The molecule has 2 amide bonds. The third-order valence-corrected chi connectivity index (χ3v) is 6.49. The highest BCUT2D eigenvalue weighted by atomic mass is 19.4. The Balaban J connectivity index is 1.55. The highest BCUT2D eigenvalue weighted by Crippen LogP contribution is 2.32. The first-order valence-electron chi connectivity index (χ1n) is 12.4. The molecule has 2 aliphatic rings. The van der Waals surface area contributed by atoms with Crippen molar-refractivity contribution in [2.75, 3.05) is 50.0 Å². The first-order chi connectivity index (χ1) is 17.6. The number of anilines is 2. The summed E-state index contributed by atoms with van der Waals surface area (Å²) < 4.78 is 44.0. The number of benzene rings is 1. The number of nitrogens with one attached hydrogen (secondary N) is 3. The molecule has 1 aromatic carbocycles. The van der Waals surface area contributed by atoms with E-state index in [0.717, 1.165) is 17.7 Å². The van der Waals surface area contributed by atoms with Crippen molar-refractivity contribution in [2.45, 2.75) is 45.0 Å². The van der Waals surface area contributed by atoms with Gasteiger partial charge >= 0.3 is 12.2 Å². The number of aromatic nitrogens is 2. The number of aliphatic hydroxyl groups is 1. The number of halogens is 3. The summed E-state index contributed by atoms with van der Waals surface area (Å²) >= 11 is 0. The molecule has 2 aliphatic heterocycles. The number of nitrogens with zero attached hydrogens (tertiary/aromatic N) is 3. The average molecular weight is 523 g/mol. The fraction of sp³-hybridized carbons (Fsp3) is 0.560. The number of carbonyl (C=O) groups is 1. The standard InChI is InChI=1S/C25H33F3N6O3/c1-15-3-4-18(31-24(36)34-7-5-17(13-34)11-25(26,27)28)9-19(15)20-10-22(30-16(2)14-35)33-23(32-20)21-12-29-6-8-37-21/h3-4,9-10,16-17,21,29,35H,5-8,11-14H2,1-2H3,(H,31,36)(H,30,32,33). The molecule has 3 heterocycles. The van der Waals surface area contributed by atoms with Crippen molar-refractivity contribution in [3.63, 3.8) is 0 Å². The van der Waals surface area contributed by atoms with Gasteiger partial charge in [0.15, 0.2) is 5.82 Å². The van der Waals surface area contributed by atoms with E-state index in [2.05, 4.69) is 20.9 Å². The molecular formula is C25H33F3N6O3. The third kappa shape index (κ3) is 7.30. The number of rotatable bonds is 7. The molecule has 9 nitrogen and oxygen atoms in total. The SMILES string of the molecule is Cc1ccc(NC(=O)N2CCC(CC(F)(F)F)C2)cc1-c1cc(NC(C)CO)nc(C2CNCCO2)n1. The minimum Gasteiger partial charge on any atom is -0.394 e. The Morgan fingerprint density at radius 2 is 2.14 bits per heavy atom. The van der Waals surface area contributed by atoms with Crippen LogP contribution >= 0.6 is 0 Å². The van der Waals surface area contributed by atoms with Gasteiger partial charge in [0.1, 0.15) is 11.9 Å². The van der Waals surface area contributed by atoms with Gasteiger partial charge in [0.25, 0.3) is 0 Å². The van der Waals surface area contributed by atoms with Crippen LogP contribution in [0.25, 0.3) is 11.3 Å². The van der Waals surface area contributed by atoms with Crippen LogP contribution < -0.4 is 16.0 Å². The van der Waals surface area contributed by atoms with Gasteiger partial charge in [0, 0.05) is 56.0 Å². The fourth-order valence-corrected chi connectivity index (χ4v) is 4.54. The maximum atomic E-state index is 12.8. The molecule has 0 spiro atoms. The monoisotopic (exact) mass is 522 g/mol. The second-order valence-electron chi connectivity index (χ2n) is 9.67. The topological polar surface area (TPSA) is 112 Å². The van der Waals surface area contributed by atoms with Crippen molar-refractivity contribution < 1.29 is 27.8 Å². The summed E-state index contributed by atoms with van der Waals surface area (Å²) in [5, 5.41) is 18.7. The van der Waals surface area contributed by atoms with E-state index in [1.165, 1.54) is 4.90 Å². The molecule has 0 bridgehead atoms. The van der Waals surface area contributed by atoms with Gasteiger partial charge in [0.2, 0.25) is 0 Å². The Bertz CT molecular complexity index is 1090. The number of likely N-dealkylation sites (tertiary alicyclic amines) is 1. The lowest BCUT2D eigenvalue weighted by atomic mass is 10.0. The summed E-state index contributed by atoms with van der Waals surface area (Å²) in [5.74, 6) is 0.457. The van der Waals surface area contributed by atoms with E-state index in [9.17, 15) is 23.1 Å². The van der Waals surface area contributed by atoms with Gasteiger partial charge in [-0.1, -0.05) is 6.07 Å². The number of morpholine rings is 1. The Kier molecular flexibility index (Phi) is 8.50. The molecule has 4 rings (SSSR count). The van der Waals surface area contributed by atoms with E-state index < -0.39 is 24.5 Å². The quantitative estimate of drug-likeness (QED) is 0.439. The van der Waals surface area contributed by atoms with E-state index in [1.807, 2.05) is 19.9 Å². The zero-order valence-electron chi connectivity index (χ0n) is 20.9. The van der Waals surface area contributed by atoms with Gasteiger partial charge in [-0.25, -0.2) is 14.8 Å². The largest absolute Gasteiger partial charge is 0.394 e. The van der Waals surface area contributed by atoms with Crippen molar-refractivity contribution in [2.24, 2.45) is 5.92 Å². The van der Waals surface area contributed by atoms with E-state index >= 15 is 0 Å². The van der Waals surface area contributed by atoms with Crippen LogP contribution in [-0.4, -0.2) is 77.6 Å². The zero-order valence-corrected chi connectivity index (χ0v) is 20.9. The van der Waals surface area contributed by atoms with Gasteiger partial charge in [-0.2, -0.15) is 13.2 Å². The normalized spacial score (nSPS) is 21.1. The van der Waals surface area contributed by atoms with Crippen LogP contribution in [0.5, 0.6) is 0 Å². The summed E-state index contributed by atoms with van der Waals surface area (Å²) in [4.78, 5) is 23.6. The van der Waals surface area contributed by atoms with Crippen LogP contribution in [0.15, 0.2) is 24.3 Å². The summed E-state index contributed by atoms with van der Waals surface area (Å²) in [6.45, 7) is 5.90. The predicted molar refractivity (Wildman–Crippen MR) is 133 cm³/mol. The lowest BCUT2D eigenvalue weighted by Crippen LogP contribution is -2.34. The number of hydrogen-bond acceptors (Lipinski definition) is 7. The van der Waals surface area contributed by atoms with E-state index in [4.69, 9.17) is 9.72 Å². The van der Waals surface area contributed by atoms with E-state index in [1.54, 1.807) is 18.2 Å². The minimum atomic E-state index is -4.24. The molecule has 12 heteroatoms. The minimum absolute atomic E-state index is 0.0724. The molecule has 0 saturated carbocycles. The smallest absolute Gasteiger partial charge is 0.389 e. The van der Waals surface area contributed by atoms with Crippen molar-refractivity contribution in [3.8, 4) is 11.3 Å². The molecule has 2 fully saturated rings. The molecule has 37 heavy (non-hydrogen) atoms. The fourth-order valence-electron chi connectivity index (χ4n) is 4.54. The number of carbonyl (C=O) groups excluding carboxylic acids is 1. The number of aryl methyl sites for hydroxylation is 1. The maximum absolute atomic E-state index is 12.8. The highest BCUT2D eigenvalue weighted by Gasteiger charge is 2.36. The van der Waals surface area contributed by atoms with Crippen molar-refractivity contribution in [3.05, 3.63) is 35.7 Å². The molecule has 2 aromatic rings. The van der Waals surface area contributed by atoms with Crippen molar-refractivity contribution in [1.29, 1.82) is 0 Å². The Morgan fingerprint density at radius 3 is 2.84 bits per heavy atom. The van der Waals surface area contributed by atoms with Crippen molar-refractivity contribution >= 4 is 17.5 Å². The number of hydrogen-bond donors (Lipinski definition) is 4. The molecule has 1 aromatic heterocycles. The van der Waals surface area contributed by atoms with Gasteiger partial charge in [-0.15, -0.1) is 0 Å². The summed E-state index contributed by atoms with van der Waals surface area (Å²) in [7, 11) is 0. The average Bonchev–Trinajstić information content (AvgIpc) is 3.32. The molecule has 202 valence electrons. The lowest BCUT2D eigenvalue weighted by molar-refractivity contribution is -0.143. The van der Waals surface area contributed by atoms with Gasteiger partial charge in [0.05, 0.1) is 18.9 Å². The number of ether oxygens (including phenoxy) is 1. The van der Waals surface area contributed by atoms with E-state index in [-0.39, 0.29) is 31.8 Å². The third-order valence-electron chi connectivity index (χ3n) is 6.49. The molecule has 2 saturated heterocycles. The summed E-state index contributed by atoms with van der Waals surface area (Å²) in [5.41, 5.74) is 2.81. The molecule has 4 N–H and O–H groups in total. The Morgan fingerprint density at radius 1 is 1.32 bits per heavy atom. The first kappa shape index (κ1) is 27.1. The number of aliphatic hydroxyl groups excluding tert-OH is 1. The van der Waals surface area contributed by atoms with Crippen LogP contribution in [0.3, 0.4) is 0 Å². The van der Waals surface area contributed by atoms with E-state index in [0.29, 0.717) is 42.6 Å².